The second-order valence-electron chi connectivity index (χ2n) is 3.97. The number of halogens is 6. The Kier molecular flexibility index (Phi) is 5.93. The summed E-state index contributed by atoms with van der Waals surface area (Å²) in [6, 6.07) is 0.140. The van der Waals surface area contributed by atoms with Gasteiger partial charge >= 0.3 is 7.87 Å². The Balaban J connectivity index is 2.90. The van der Waals surface area contributed by atoms with E-state index in [4.69, 9.17) is 19.9 Å². The molecule has 0 aromatic heterocycles. The Labute approximate surface area is 118 Å². The van der Waals surface area contributed by atoms with Crippen LogP contribution in [-0.4, -0.2) is 22.1 Å². The fourth-order valence-electron chi connectivity index (χ4n) is 1.63. The van der Waals surface area contributed by atoms with E-state index in [-0.39, 0.29) is 18.9 Å². The fourth-order valence-corrected chi connectivity index (χ4v) is 3.21. The first-order valence-corrected chi connectivity index (χ1v) is 8.60. The van der Waals surface area contributed by atoms with Crippen LogP contribution in [0.3, 0.4) is 0 Å². The molecule has 2 nitrogen and oxygen atoms in total. The van der Waals surface area contributed by atoms with Crippen molar-refractivity contribution in [1.29, 1.82) is 0 Å². The van der Waals surface area contributed by atoms with Gasteiger partial charge < -0.3 is 8.85 Å². The van der Waals surface area contributed by atoms with Crippen molar-refractivity contribution in [3.05, 3.63) is 34.6 Å². The van der Waals surface area contributed by atoms with E-state index in [1.165, 1.54) is 14.2 Å². The van der Waals surface area contributed by atoms with Crippen LogP contribution in [0, 0.1) is 29.1 Å². The molecular formula is C11H12ClF5O2Si. The lowest BCUT2D eigenvalue weighted by atomic mass is 10.1. The minimum absolute atomic E-state index is 0.0652. The molecule has 0 atom stereocenters. The predicted molar refractivity (Wildman–Crippen MR) is 65.0 cm³/mol. The van der Waals surface area contributed by atoms with Crippen molar-refractivity contribution in [2.24, 2.45) is 0 Å². The van der Waals surface area contributed by atoms with E-state index in [1.54, 1.807) is 0 Å². The van der Waals surface area contributed by atoms with Gasteiger partial charge in [0.2, 0.25) is 5.82 Å². The molecule has 0 spiro atoms. The van der Waals surface area contributed by atoms with Gasteiger partial charge in [-0.2, -0.15) is 0 Å². The molecular weight excluding hydrogens is 323 g/mol. The molecule has 0 unspecified atom stereocenters. The zero-order valence-corrected chi connectivity index (χ0v) is 12.5. The number of rotatable bonds is 6. The molecule has 1 aromatic rings. The zero-order valence-electron chi connectivity index (χ0n) is 10.7. The standard InChI is InChI=1S/C11H12ClF5O2Si/c1-18-20(12,19-2)5-3-4-6-7(13)9(15)11(17)10(16)8(6)14/h3-5H2,1-2H3. The van der Waals surface area contributed by atoms with Crippen molar-refractivity contribution in [3.63, 3.8) is 0 Å². The summed E-state index contributed by atoms with van der Waals surface area (Å²) in [5.74, 6) is -9.71. The summed E-state index contributed by atoms with van der Waals surface area (Å²) in [4.78, 5) is 0. The Hall–Kier alpha value is -0.703. The molecule has 0 radical (unpaired) electrons. The highest BCUT2D eigenvalue weighted by Gasteiger charge is 2.33. The average molecular weight is 335 g/mol. The first-order chi connectivity index (χ1) is 9.27. The lowest BCUT2D eigenvalue weighted by Gasteiger charge is -2.19. The van der Waals surface area contributed by atoms with Crippen molar-refractivity contribution in [2.75, 3.05) is 14.2 Å². The monoisotopic (exact) mass is 334 g/mol. The average Bonchev–Trinajstić information content (AvgIpc) is 2.46. The molecule has 0 bridgehead atoms. The zero-order chi connectivity index (χ0) is 15.5. The molecule has 0 N–H and O–H groups in total. The topological polar surface area (TPSA) is 18.5 Å². The minimum atomic E-state index is -2.96. The van der Waals surface area contributed by atoms with Crippen LogP contribution < -0.4 is 0 Å². The van der Waals surface area contributed by atoms with Crippen LogP contribution in [0.4, 0.5) is 22.0 Å². The van der Waals surface area contributed by atoms with Crippen molar-refractivity contribution < 1.29 is 30.8 Å². The molecule has 1 aromatic carbocycles. The molecule has 0 saturated heterocycles. The third-order valence-electron chi connectivity index (χ3n) is 2.81. The van der Waals surface area contributed by atoms with Gasteiger partial charge in [0, 0.05) is 25.8 Å². The number of hydrogen-bond acceptors (Lipinski definition) is 2. The largest absolute Gasteiger partial charge is 0.442 e. The molecule has 0 heterocycles. The highest BCUT2D eigenvalue weighted by molar-refractivity contribution is 7.12. The highest BCUT2D eigenvalue weighted by atomic mass is 35.6. The van der Waals surface area contributed by atoms with E-state index < -0.39 is 42.5 Å². The number of benzene rings is 1. The Morgan fingerprint density at radius 2 is 1.25 bits per heavy atom. The maximum absolute atomic E-state index is 13.4. The summed E-state index contributed by atoms with van der Waals surface area (Å²) >= 11 is 5.94. The van der Waals surface area contributed by atoms with Crippen LogP contribution in [0.2, 0.25) is 6.04 Å². The van der Waals surface area contributed by atoms with Crippen LogP contribution >= 0.6 is 11.1 Å². The van der Waals surface area contributed by atoms with Gasteiger partial charge in [-0.25, -0.2) is 22.0 Å². The van der Waals surface area contributed by atoms with E-state index in [2.05, 4.69) is 0 Å². The number of hydrogen-bond donors (Lipinski definition) is 0. The van der Waals surface area contributed by atoms with Crippen LogP contribution in [0.25, 0.3) is 0 Å². The van der Waals surface area contributed by atoms with Crippen molar-refractivity contribution in [1.82, 2.24) is 0 Å². The SMILES string of the molecule is CO[Si](Cl)(CCCc1c(F)c(F)c(F)c(F)c1F)OC. The van der Waals surface area contributed by atoms with Crippen LogP contribution in [0.15, 0.2) is 0 Å². The second-order valence-corrected chi connectivity index (χ2v) is 8.33. The first kappa shape index (κ1) is 17.3. The first-order valence-electron chi connectivity index (χ1n) is 5.57. The van der Waals surface area contributed by atoms with E-state index >= 15 is 0 Å². The quantitative estimate of drug-likeness (QED) is 0.259. The molecule has 0 amide bonds. The maximum Gasteiger partial charge on any atom is 0.442 e. The van der Waals surface area contributed by atoms with Crippen LogP contribution in [0.1, 0.15) is 12.0 Å². The molecule has 9 heteroatoms. The van der Waals surface area contributed by atoms with Gasteiger partial charge in [0.25, 0.3) is 0 Å². The normalized spacial score (nSPS) is 12.0. The maximum atomic E-state index is 13.4. The van der Waals surface area contributed by atoms with Crippen LogP contribution in [0.5, 0.6) is 0 Å². The van der Waals surface area contributed by atoms with E-state index in [0.717, 1.165) is 0 Å². The predicted octanol–water partition coefficient (Wildman–Crippen LogP) is 3.79. The van der Waals surface area contributed by atoms with Gasteiger partial charge in [0.05, 0.1) is 0 Å². The van der Waals surface area contributed by atoms with Gasteiger partial charge in [-0.3, -0.25) is 0 Å². The Morgan fingerprint density at radius 1 is 0.850 bits per heavy atom. The highest BCUT2D eigenvalue weighted by Crippen LogP contribution is 2.26. The summed E-state index contributed by atoms with van der Waals surface area (Å²) < 4.78 is 75.4. The van der Waals surface area contributed by atoms with Gasteiger partial charge in [-0.15, -0.1) is 0 Å². The van der Waals surface area contributed by atoms with Gasteiger partial charge in [-0.05, 0) is 12.8 Å². The smallest absolute Gasteiger partial charge is 0.386 e. The van der Waals surface area contributed by atoms with Gasteiger partial charge in [0.1, 0.15) is 0 Å². The molecule has 114 valence electrons. The van der Waals surface area contributed by atoms with Gasteiger partial charge in [-0.1, -0.05) is 11.1 Å². The lowest BCUT2D eigenvalue weighted by molar-refractivity contribution is 0.264. The summed E-state index contributed by atoms with van der Waals surface area (Å²) in [6.07, 6.45) is -0.296. The van der Waals surface area contributed by atoms with Crippen molar-refractivity contribution in [2.45, 2.75) is 18.9 Å². The lowest BCUT2D eigenvalue weighted by Crippen LogP contribution is -2.33. The Morgan fingerprint density at radius 3 is 1.65 bits per heavy atom. The third-order valence-corrected chi connectivity index (χ3v) is 6.48. The second kappa shape index (κ2) is 6.84. The molecule has 1 rings (SSSR count). The summed E-state index contributed by atoms with van der Waals surface area (Å²) in [5, 5.41) is 0. The third kappa shape index (κ3) is 3.49. The summed E-state index contributed by atoms with van der Waals surface area (Å²) in [6.45, 7) is 0. The van der Waals surface area contributed by atoms with E-state index in [1.807, 2.05) is 0 Å². The molecule has 0 aliphatic carbocycles. The van der Waals surface area contributed by atoms with E-state index in [9.17, 15) is 22.0 Å². The van der Waals surface area contributed by atoms with E-state index in [0.29, 0.717) is 0 Å². The Bertz CT molecular complexity index is 467. The molecule has 0 aliphatic heterocycles. The summed E-state index contributed by atoms with van der Waals surface area (Å²) in [7, 11) is -0.317. The van der Waals surface area contributed by atoms with Crippen molar-refractivity contribution in [3.8, 4) is 0 Å². The molecule has 0 saturated carbocycles. The fraction of sp³-hybridized carbons (Fsp3) is 0.455. The molecule has 0 aliphatic rings. The summed E-state index contributed by atoms with van der Waals surface area (Å²) in [5.41, 5.74) is -0.860. The van der Waals surface area contributed by atoms with Crippen LogP contribution in [-0.2, 0) is 15.3 Å². The minimum Gasteiger partial charge on any atom is -0.386 e. The molecule has 0 fully saturated rings. The molecule has 20 heavy (non-hydrogen) atoms. The van der Waals surface area contributed by atoms with Crippen molar-refractivity contribution >= 4 is 18.9 Å². The van der Waals surface area contributed by atoms with Gasteiger partial charge in [0.15, 0.2) is 23.3 Å².